The van der Waals surface area contributed by atoms with E-state index in [1.807, 2.05) is 25.2 Å². The fourth-order valence-electron chi connectivity index (χ4n) is 7.29. The molecule has 224 valence electrons. The van der Waals surface area contributed by atoms with E-state index in [0.717, 1.165) is 81.2 Å². The maximum atomic E-state index is 9.61. The second kappa shape index (κ2) is 13.0. The van der Waals surface area contributed by atoms with Gasteiger partial charge in [-0.05, 0) is 69.6 Å². The lowest BCUT2D eigenvalue weighted by atomic mass is 9.67. The van der Waals surface area contributed by atoms with Gasteiger partial charge in [0.05, 0.1) is 29.9 Å². The Labute approximate surface area is 256 Å². The van der Waals surface area contributed by atoms with E-state index in [-0.39, 0.29) is 11.5 Å². The van der Waals surface area contributed by atoms with Crippen LogP contribution in [0.2, 0.25) is 0 Å². The number of allylic oxidation sites excluding steroid dienone is 2. The Kier molecular flexibility index (Phi) is 9.39. The maximum absolute atomic E-state index is 9.61. The van der Waals surface area contributed by atoms with Crippen LogP contribution >= 0.6 is 11.3 Å². The SMILES string of the molecule is C=CC(=C)N1CCN(c2nc(CCC3CCCN3C)nc3c2CCC2(C3)Cc3sccc3NC2=C)CC1CC#N.CC. The van der Waals surface area contributed by atoms with Crippen molar-refractivity contribution in [1.82, 2.24) is 19.8 Å². The summed E-state index contributed by atoms with van der Waals surface area (Å²) in [4.78, 5) is 19.1. The highest BCUT2D eigenvalue weighted by atomic mass is 32.1. The number of rotatable bonds is 7. The zero-order valence-corrected chi connectivity index (χ0v) is 26.6. The molecule has 6 rings (SSSR count). The molecular weight excluding hydrogens is 538 g/mol. The van der Waals surface area contributed by atoms with Crippen LogP contribution in [0.15, 0.2) is 48.7 Å². The normalized spacial score (nSPS) is 25.1. The first kappa shape index (κ1) is 30.3. The quantitative estimate of drug-likeness (QED) is 0.380. The van der Waals surface area contributed by atoms with Gasteiger partial charge in [-0.1, -0.05) is 33.6 Å². The number of likely N-dealkylation sites (tertiary alicyclic amines) is 1. The third kappa shape index (κ3) is 5.87. The third-order valence-electron chi connectivity index (χ3n) is 9.73. The molecule has 0 aromatic carbocycles. The number of aromatic nitrogens is 2. The van der Waals surface area contributed by atoms with Gasteiger partial charge in [-0.2, -0.15) is 5.26 Å². The average molecular weight is 586 g/mol. The Morgan fingerprint density at radius 1 is 1.24 bits per heavy atom. The van der Waals surface area contributed by atoms with Crippen LogP contribution in [0.4, 0.5) is 11.5 Å². The number of piperazine rings is 1. The van der Waals surface area contributed by atoms with Crippen molar-refractivity contribution in [3.8, 4) is 6.07 Å². The van der Waals surface area contributed by atoms with E-state index in [1.54, 1.807) is 6.08 Å². The van der Waals surface area contributed by atoms with Crippen LogP contribution in [-0.4, -0.2) is 65.1 Å². The summed E-state index contributed by atoms with van der Waals surface area (Å²) in [7, 11) is 2.24. The van der Waals surface area contributed by atoms with Crippen molar-refractivity contribution in [3.05, 3.63) is 70.6 Å². The Morgan fingerprint density at radius 2 is 2.07 bits per heavy atom. The minimum absolute atomic E-state index is 0.0108. The fourth-order valence-corrected chi connectivity index (χ4v) is 8.26. The largest absolute Gasteiger partial charge is 0.364 e. The van der Waals surface area contributed by atoms with Crippen LogP contribution in [0.5, 0.6) is 0 Å². The molecule has 2 aromatic rings. The summed E-state index contributed by atoms with van der Waals surface area (Å²) in [6.07, 6.45) is 10.7. The van der Waals surface area contributed by atoms with Gasteiger partial charge in [-0.25, -0.2) is 9.97 Å². The molecule has 5 heterocycles. The van der Waals surface area contributed by atoms with Gasteiger partial charge >= 0.3 is 0 Å². The molecule has 0 amide bonds. The molecule has 8 heteroatoms. The number of aryl methyl sites for hydroxylation is 1. The van der Waals surface area contributed by atoms with Crippen molar-refractivity contribution in [2.45, 2.75) is 83.7 Å². The highest BCUT2D eigenvalue weighted by Crippen LogP contribution is 2.49. The molecule has 2 aromatic heterocycles. The average Bonchev–Trinajstić information content (AvgIpc) is 3.64. The van der Waals surface area contributed by atoms with E-state index >= 15 is 0 Å². The van der Waals surface area contributed by atoms with E-state index < -0.39 is 0 Å². The molecule has 1 N–H and O–H groups in total. The van der Waals surface area contributed by atoms with E-state index in [2.05, 4.69) is 64.3 Å². The number of nitrogens with one attached hydrogen (secondary N) is 1. The minimum atomic E-state index is -0.0108. The molecular formula is C34H47N7S. The van der Waals surface area contributed by atoms with Crippen molar-refractivity contribution in [2.75, 3.05) is 43.4 Å². The smallest absolute Gasteiger partial charge is 0.135 e. The molecule has 0 saturated carbocycles. The van der Waals surface area contributed by atoms with Gasteiger partial charge < -0.3 is 20.0 Å². The lowest BCUT2D eigenvalue weighted by molar-refractivity contribution is 0.236. The standard InChI is InChI=1S/C32H41N7S.C2H6/c1-5-22(2)39-17-16-38(21-25(39)11-14-33)31-26-10-13-32(20-29-27(12-18-40-29)34-23(32)3)19-28(26)35-30(36-31)9-8-24-7-6-15-37(24)4;1-2/h5,12,18,24-25,34H,1-3,6-11,13,15-17,19-21H2,4H3;1-2H3. The predicted octanol–water partition coefficient (Wildman–Crippen LogP) is 6.35. The summed E-state index contributed by atoms with van der Waals surface area (Å²) in [5, 5.41) is 15.4. The van der Waals surface area contributed by atoms with Crippen LogP contribution in [0.1, 0.15) is 67.9 Å². The fraction of sp³-hybridized carbons (Fsp3) is 0.559. The molecule has 7 nitrogen and oxygen atoms in total. The number of nitrogens with zero attached hydrogens (tertiary/aromatic N) is 6. The summed E-state index contributed by atoms with van der Waals surface area (Å²) >= 11 is 1.84. The number of hydrogen-bond donors (Lipinski definition) is 1. The van der Waals surface area contributed by atoms with Gasteiger partial charge in [0, 0.05) is 65.8 Å². The van der Waals surface area contributed by atoms with Gasteiger partial charge in [0.15, 0.2) is 0 Å². The van der Waals surface area contributed by atoms with Gasteiger partial charge in [0.1, 0.15) is 11.6 Å². The Hall–Kier alpha value is -3.15. The highest BCUT2D eigenvalue weighted by molar-refractivity contribution is 7.10. The second-order valence-electron chi connectivity index (χ2n) is 12.0. The summed E-state index contributed by atoms with van der Waals surface area (Å²) < 4.78 is 0. The number of fused-ring (bicyclic) bond motifs is 2. The van der Waals surface area contributed by atoms with Crippen LogP contribution in [-0.2, 0) is 25.7 Å². The lowest BCUT2D eigenvalue weighted by Crippen LogP contribution is -2.53. The predicted molar refractivity (Wildman–Crippen MR) is 175 cm³/mol. The van der Waals surface area contributed by atoms with Crippen molar-refractivity contribution < 1.29 is 0 Å². The topological polar surface area (TPSA) is 71.3 Å². The first-order valence-electron chi connectivity index (χ1n) is 15.7. The van der Waals surface area contributed by atoms with Gasteiger partial charge in [-0.15, -0.1) is 11.3 Å². The summed E-state index contributed by atoms with van der Waals surface area (Å²) in [5.41, 5.74) is 5.72. The molecule has 3 aliphatic heterocycles. The van der Waals surface area contributed by atoms with Crippen LogP contribution in [0.3, 0.4) is 0 Å². The molecule has 1 aliphatic carbocycles. The summed E-state index contributed by atoms with van der Waals surface area (Å²) in [5.74, 6) is 2.06. The Bertz CT molecular complexity index is 1360. The van der Waals surface area contributed by atoms with Crippen molar-refractivity contribution in [1.29, 1.82) is 5.26 Å². The van der Waals surface area contributed by atoms with E-state index in [1.165, 1.54) is 41.2 Å². The van der Waals surface area contributed by atoms with E-state index in [0.29, 0.717) is 12.5 Å². The molecule has 2 fully saturated rings. The molecule has 4 aliphatic rings. The molecule has 1 spiro atoms. The van der Waals surface area contributed by atoms with Gasteiger partial charge in [0.2, 0.25) is 0 Å². The molecule has 3 atom stereocenters. The van der Waals surface area contributed by atoms with Crippen molar-refractivity contribution in [3.63, 3.8) is 0 Å². The number of anilines is 2. The summed E-state index contributed by atoms with van der Waals surface area (Å²) in [6, 6.07) is 5.26. The molecule has 42 heavy (non-hydrogen) atoms. The molecule has 0 radical (unpaired) electrons. The van der Waals surface area contributed by atoms with Crippen LogP contribution in [0.25, 0.3) is 0 Å². The zero-order chi connectivity index (χ0) is 29.9. The monoisotopic (exact) mass is 585 g/mol. The third-order valence-corrected chi connectivity index (χ3v) is 10.7. The molecule has 2 saturated heterocycles. The lowest BCUT2D eigenvalue weighted by Gasteiger charge is -2.45. The van der Waals surface area contributed by atoms with Crippen LogP contribution < -0.4 is 10.2 Å². The van der Waals surface area contributed by atoms with E-state index in [4.69, 9.17) is 9.97 Å². The molecule has 0 bridgehead atoms. The number of thiophene rings is 1. The first-order chi connectivity index (χ1) is 20.4. The Balaban J connectivity index is 0.00000173. The van der Waals surface area contributed by atoms with Crippen molar-refractivity contribution >= 4 is 22.8 Å². The first-order valence-corrected chi connectivity index (χ1v) is 16.6. The number of nitriles is 1. The number of hydrogen-bond acceptors (Lipinski definition) is 8. The minimum Gasteiger partial charge on any atom is -0.364 e. The van der Waals surface area contributed by atoms with Crippen molar-refractivity contribution in [2.24, 2.45) is 5.41 Å². The summed E-state index contributed by atoms with van der Waals surface area (Å²) in [6.45, 7) is 20.2. The van der Waals surface area contributed by atoms with E-state index in [9.17, 15) is 5.26 Å². The molecule has 3 unspecified atom stereocenters. The Morgan fingerprint density at radius 3 is 2.81 bits per heavy atom. The second-order valence-corrected chi connectivity index (χ2v) is 13.1. The van der Waals surface area contributed by atoms with Gasteiger partial charge in [0.25, 0.3) is 0 Å². The maximum Gasteiger partial charge on any atom is 0.135 e. The highest BCUT2D eigenvalue weighted by Gasteiger charge is 2.43. The zero-order valence-electron chi connectivity index (χ0n) is 25.8. The van der Waals surface area contributed by atoms with Gasteiger partial charge in [-0.3, -0.25) is 0 Å². The van der Waals surface area contributed by atoms with Crippen LogP contribution in [0, 0.1) is 16.7 Å².